The van der Waals surface area contributed by atoms with Crippen LogP contribution in [0.15, 0.2) is 12.1 Å². The van der Waals surface area contributed by atoms with Gasteiger partial charge in [0, 0.05) is 5.56 Å². The maximum atomic E-state index is 13.7. The van der Waals surface area contributed by atoms with E-state index in [-0.39, 0.29) is 11.5 Å². The van der Waals surface area contributed by atoms with E-state index in [4.69, 9.17) is 11.6 Å². The smallest absolute Gasteiger partial charge is 0.133 e. The van der Waals surface area contributed by atoms with Gasteiger partial charge in [-0.25, -0.2) is 8.78 Å². The normalized spacial score (nSPS) is 15.1. The maximum absolute atomic E-state index is 13.7. The monoisotopic (exact) mass is 232 g/mol. The Balaban J connectivity index is 3.18. The third-order valence-electron chi connectivity index (χ3n) is 2.74. The Bertz CT molecular complexity index is 350. The van der Waals surface area contributed by atoms with Gasteiger partial charge in [0.1, 0.15) is 11.6 Å². The van der Waals surface area contributed by atoms with E-state index in [0.717, 1.165) is 6.42 Å². The molecular weight excluding hydrogens is 218 g/mol. The second kappa shape index (κ2) is 4.93. The molecule has 1 aromatic carbocycles. The van der Waals surface area contributed by atoms with E-state index in [1.54, 1.807) is 6.92 Å². The fourth-order valence-corrected chi connectivity index (χ4v) is 1.80. The summed E-state index contributed by atoms with van der Waals surface area (Å²) in [5.74, 6) is -1.02. The van der Waals surface area contributed by atoms with Gasteiger partial charge in [0.25, 0.3) is 0 Å². The quantitative estimate of drug-likeness (QED) is 0.669. The lowest BCUT2D eigenvalue weighted by Crippen LogP contribution is -2.08. The van der Waals surface area contributed by atoms with Gasteiger partial charge in [0.2, 0.25) is 0 Å². The second-order valence-electron chi connectivity index (χ2n) is 3.88. The summed E-state index contributed by atoms with van der Waals surface area (Å²) in [6, 6.07) is 2.69. The molecule has 2 unspecified atom stereocenters. The van der Waals surface area contributed by atoms with Crippen molar-refractivity contribution in [3.8, 4) is 0 Å². The lowest BCUT2D eigenvalue weighted by Gasteiger charge is -2.18. The average Bonchev–Trinajstić information content (AvgIpc) is 2.22. The first-order valence-corrected chi connectivity index (χ1v) is 5.51. The molecule has 84 valence electrons. The summed E-state index contributed by atoms with van der Waals surface area (Å²) in [4.78, 5) is 0. The van der Waals surface area contributed by atoms with E-state index in [9.17, 15) is 8.78 Å². The highest BCUT2D eigenvalue weighted by Gasteiger charge is 2.23. The summed E-state index contributed by atoms with van der Waals surface area (Å²) in [6.45, 7) is 5.45. The molecule has 0 aromatic heterocycles. The van der Waals surface area contributed by atoms with E-state index in [0.29, 0.717) is 5.56 Å². The minimum Gasteiger partial charge on any atom is -0.207 e. The van der Waals surface area contributed by atoms with E-state index in [1.807, 2.05) is 13.8 Å². The highest BCUT2D eigenvalue weighted by atomic mass is 35.5. The summed E-state index contributed by atoms with van der Waals surface area (Å²) in [7, 11) is 0. The van der Waals surface area contributed by atoms with Crippen LogP contribution >= 0.6 is 11.6 Å². The van der Waals surface area contributed by atoms with Crippen LogP contribution in [0.2, 0.25) is 0 Å². The van der Waals surface area contributed by atoms with Gasteiger partial charge in [-0.05, 0) is 24.5 Å². The number of halogens is 3. The second-order valence-corrected chi connectivity index (χ2v) is 4.35. The maximum Gasteiger partial charge on any atom is 0.133 e. The molecule has 1 rings (SSSR count). The van der Waals surface area contributed by atoms with Gasteiger partial charge in [-0.3, -0.25) is 0 Å². The molecular formula is C12H15ClF2. The molecule has 3 heteroatoms. The third kappa shape index (κ3) is 2.49. The summed E-state index contributed by atoms with van der Waals surface area (Å²) >= 11 is 6.06. The van der Waals surface area contributed by atoms with Gasteiger partial charge in [-0.1, -0.05) is 26.3 Å². The number of rotatable bonds is 3. The predicted octanol–water partition coefficient (Wildman–Crippen LogP) is 4.60. The predicted molar refractivity (Wildman–Crippen MR) is 59.1 cm³/mol. The molecule has 0 aliphatic carbocycles. The minimum atomic E-state index is -0.602. The fraction of sp³-hybridized carbons (Fsp3) is 0.500. The summed E-state index contributed by atoms with van der Waals surface area (Å²) < 4.78 is 27.1. The van der Waals surface area contributed by atoms with Crippen molar-refractivity contribution in [2.75, 3.05) is 0 Å². The van der Waals surface area contributed by atoms with Crippen molar-refractivity contribution in [3.05, 3.63) is 34.9 Å². The zero-order valence-electron chi connectivity index (χ0n) is 9.15. The summed E-state index contributed by atoms with van der Waals surface area (Å²) in [6.07, 6.45) is 0.793. The molecule has 0 radical (unpaired) electrons. The van der Waals surface area contributed by atoms with Crippen molar-refractivity contribution in [1.82, 2.24) is 0 Å². The first-order chi connectivity index (χ1) is 6.99. The Labute approximate surface area is 94.3 Å². The average molecular weight is 233 g/mol. The van der Waals surface area contributed by atoms with Crippen LogP contribution in [0.4, 0.5) is 8.78 Å². The Morgan fingerprint density at radius 3 is 2.47 bits per heavy atom. The first-order valence-electron chi connectivity index (χ1n) is 5.07. The Hall–Kier alpha value is -0.630. The highest BCUT2D eigenvalue weighted by molar-refractivity contribution is 6.21. The molecule has 0 saturated carbocycles. The molecule has 1 aromatic rings. The number of benzene rings is 1. The number of hydrogen-bond acceptors (Lipinski definition) is 0. The van der Waals surface area contributed by atoms with Gasteiger partial charge in [0.05, 0.1) is 5.38 Å². The van der Waals surface area contributed by atoms with Gasteiger partial charge in [-0.15, -0.1) is 11.6 Å². The largest absolute Gasteiger partial charge is 0.207 e. The molecule has 0 bridgehead atoms. The Morgan fingerprint density at radius 2 is 1.93 bits per heavy atom. The molecule has 0 spiro atoms. The van der Waals surface area contributed by atoms with Gasteiger partial charge < -0.3 is 0 Å². The van der Waals surface area contributed by atoms with Crippen molar-refractivity contribution >= 4 is 11.6 Å². The molecule has 0 N–H and O–H groups in total. The third-order valence-corrected chi connectivity index (χ3v) is 3.39. The van der Waals surface area contributed by atoms with E-state index >= 15 is 0 Å². The van der Waals surface area contributed by atoms with Gasteiger partial charge >= 0.3 is 0 Å². The Kier molecular flexibility index (Phi) is 4.09. The lowest BCUT2D eigenvalue weighted by atomic mass is 9.96. The van der Waals surface area contributed by atoms with E-state index in [2.05, 4.69) is 0 Å². The van der Waals surface area contributed by atoms with Crippen molar-refractivity contribution in [3.63, 3.8) is 0 Å². The van der Waals surface area contributed by atoms with Crippen molar-refractivity contribution in [2.45, 2.75) is 32.6 Å². The standard InChI is InChI=1S/C12H15ClF2/c1-4-7(2)11(13)10-9(14)6-5-8(3)12(10)15/h5-7,11H,4H2,1-3H3. The minimum absolute atomic E-state index is 0.00557. The summed E-state index contributed by atoms with van der Waals surface area (Å²) in [5, 5.41) is -0.602. The van der Waals surface area contributed by atoms with Crippen molar-refractivity contribution < 1.29 is 8.78 Å². The van der Waals surface area contributed by atoms with Crippen molar-refractivity contribution in [2.24, 2.45) is 5.92 Å². The Morgan fingerprint density at radius 1 is 1.33 bits per heavy atom. The molecule has 0 nitrogen and oxygen atoms in total. The number of alkyl halides is 1. The van der Waals surface area contributed by atoms with Gasteiger partial charge in [-0.2, -0.15) is 0 Å². The number of aryl methyl sites for hydroxylation is 1. The molecule has 0 heterocycles. The SMILES string of the molecule is CCC(C)C(Cl)c1c(F)ccc(C)c1F. The van der Waals surface area contributed by atoms with Crippen molar-refractivity contribution in [1.29, 1.82) is 0 Å². The van der Waals surface area contributed by atoms with Crippen LogP contribution in [0.3, 0.4) is 0 Å². The zero-order valence-corrected chi connectivity index (χ0v) is 9.91. The summed E-state index contributed by atoms with van der Waals surface area (Å²) in [5.41, 5.74) is 0.436. The topological polar surface area (TPSA) is 0 Å². The van der Waals surface area contributed by atoms with E-state index in [1.165, 1.54) is 12.1 Å². The van der Waals surface area contributed by atoms with Crippen LogP contribution in [-0.2, 0) is 0 Å². The van der Waals surface area contributed by atoms with E-state index < -0.39 is 17.0 Å². The van der Waals surface area contributed by atoms with Crippen LogP contribution in [0, 0.1) is 24.5 Å². The highest BCUT2D eigenvalue weighted by Crippen LogP contribution is 2.35. The van der Waals surface area contributed by atoms with Crippen LogP contribution in [0.25, 0.3) is 0 Å². The number of hydrogen-bond donors (Lipinski definition) is 0. The molecule has 0 amide bonds. The zero-order chi connectivity index (χ0) is 11.6. The molecule has 0 aliphatic rings. The van der Waals surface area contributed by atoms with Crippen LogP contribution in [0.5, 0.6) is 0 Å². The fourth-order valence-electron chi connectivity index (χ4n) is 1.42. The molecule has 0 aliphatic heterocycles. The molecule has 0 fully saturated rings. The van der Waals surface area contributed by atoms with Crippen LogP contribution in [0.1, 0.15) is 36.8 Å². The van der Waals surface area contributed by atoms with Crippen LogP contribution < -0.4 is 0 Å². The molecule has 15 heavy (non-hydrogen) atoms. The first kappa shape index (κ1) is 12.4. The van der Waals surface area contributed by atoms with Gasteiger partial charge in [0.15, 0.2) is 0 Å². The molecule has 2 atom stereocenters. The van der Waals surface area contributed by atoms with Crippen LogP contribution in [-0.4, -0.2) is 0 Å². The lowest BCUT2D eigenvalue weighted by molar-refractivity contribution is 0.483. The molecule has 0 saturated heterocycles.